The van der Waals surface area contributed by atoms with E-state index < -0.39 is 5.97 Å². The summed E-state index contributed by atoms with van der Waals surface area (Å²) in [5.41, 5.74) is 2.02. The van der Waals surface area contributed by atoms with Crippen LogP contribution in [-0.2, 0) is 4.79 Å². The van der Waals surface area contributed by atoms with Gasteiger partial charge in [-0.15, -0.1) is 0 Å². The molecule has 1 unspecified atom stereocenters. The molecule has 1 aromatic heterocycles. The Labute approximate surface area is 139 Å². The van der Waals surface area contributed by atoms with Crippen LogP contribution in [0.3, 0.4) is 0 Å². The van der Waals surface area contributed by atoms with Crippen LogP contribution in [0, 0.1) is 0 Å². The average molecular weight is 387 g/mol. The van der Waals surface area contributed by atoms with Crippen LogP contribution in [0.25, 0.3) is 11.0 Å². The first-order valence-corrected chi connectivity index (χ1v) is 9.68. The summed E-state index contributed by atoms with van der Waals surface area (Å²) in [6, 6.07) is 6.48. The van der Waals surface area contributed by atoms with Crippen LogP contribution >= 0.6 is 39.5 Å². The van der Waals surface area contributed by atoms with E-state index in [2.05, 4.69) is 31.5 Å². The van der Waals surface area contributed by atoms with Crippen LogP contribution in [-0.4, -0.2) is 37.9 Å². The first kappa shape index (κ1) is 15.2. The summed E-state index contributed by atoms with van der Waals surface area (Å²) >= 11 is 6.74. The van der Waals surface area contributed by atoms with Crippen molar-refractivity contribution in [2.45, 2.75) is 24.0 Å². The number of thioether (sulfide) groups is 2. The summed E-state index contributed by atoms with van der Waals surface area (Å²) in [6.45, 7) is 0. The van der Waals surface area contributed by atoms with E-state index in [-0.39, 0.29) is 5.75 Å². The topological polar surface area (TPSA) is 55.1 Å². The standard InChI is InChI=1S/C14H15BrN2O2S2/c15-9-3-4-12-11(6-9)16-14(21-8-13(18)19)17(12)10-2-1-5-20-7-10/h3-4,6,10H,1-2,5,7-8H2,(H,18,19). The molecule has 21 heavy (non-hydrogen) atoms. The monoisotopic (exact) mass is 386 g/mol. The lowest BCUT2D eigenvalue weighted by Gasteiger charge is -2.25. The summed E-state index contributed by atoms with van der Waals surface area (Å²) in [5, 5.41) is 9.74. The highest BCUT2D eigenvalue weighted by Gasteiger charge is 2.22. The molecule has 1 N–H and O–H groups in total. The Hall–Kier alpha value is -0.660. The Kier molecular flexibility index (Phi) is 4.81. The molecule has 4 nitrogen and oxygen atoms in total. The number of benzene rings is 1. The minimum Gasteiger partial charge on any atom is -0.481 e. The number of hydrogen-bond donors (Lipinski definition) is 1. The van der Waals surface area contributed by atoms with E-state index in [1.807, 2.05) is 23.9 Å². The minimum absolute atomic E-state index is 0.0460. The summed E-state index contributed by atoms with van der Waals surface area (Å²) in [5.74, 6) is 1.52. The minimum atomic E-state index is -0.808. The first-order chi connectivity index (χ1) is 10.1. The molecule has 2 aromatic rings. The number of aromatic nitrogens is 2. The van der Waals surface area contributed by atoms with Gasteiger partial charge in [0.25, 0.3) is 0 Å². The third-order valence-corrected chi connectivity index (χ3v) is 6.07. The lowest BCUT2D eigenvalue weighted by molar-refractivity contribution is -0.133. The zero-order valence-electron chi connectivity index (χ0n) is 11.3. The molecule has 1 aromatic carbocycles. The Balaban J connectivity index is 2.03. The molecule has 0 saturated carbocycles. The van der Waals surface area contributed by atoms with Gasteiger partial charge in [-0.05, 0) is 36.8 Å². The maximum atomic E-state index is 10.9. The van der Waals surface area contributed by atoms with Crippen molar-refractivity contribution in [2.24, 2.45) is 0 Å². The van der Waals surface area contributed by atoms with Gasteiger partial charge in [0.2, 0.25) is 0 Å². The molecule has 0 spiro atoms. The van der Waals surface area contributed by atoms with Crippen LogP contribution in [0.2, 0.25) is 0 Å². The average Bonchev–Trinajstić information content (AvgIpc) is 2.83. The van der Waals surface area contributed by atoms with Crippen LogP contribution in [0.4, 0.5) is 0 Å². The van der Waals surface area contributed by atoms with E-state index in [4.69, 9.17) is 5.11 Å². The maximum Gasteiger partial charge on any atom is 0.313 e. The van der Waals surface area contributed by atoms with E-state index in [1.165, 1.54) is 23.9 Å². The molecule has 1 aliphatic heterocycles. The van der Waals surface area contributed by atoms with Gasteiger partial charge in [-0.2, -0.15) is 11.8 Å². The number of carbonyl (C=O) groups is 1. The lowest BCUT2D eigenvalue weighted by atomic mass is 10.2. The second-order valence-electron chi connectivity index (χ2n) is 4.95. The fraction of sp³-hybridized carbons (Fsp3) is 0.429. The van der Waals surface area contributed by atoms with Gasteiger partial charge in [0.1, 0.15) is 0 Å². The molecule has 1 saturated heterocycles. The predicted molar refractivity (Wildman–Crippen MR) is 91.4 cm³/mol. The molecule has 112 valence electrons. The highest BCUT2D eigenvalue weighted by atomic mass is 79.9. The molecular formula is C14H15BrN2O2S2. The van der Waals surface area contributed by atoms with Crippen molar-refractivity contribution in [3.05, 3.63) is 22.7 Å². The maximum absolute atomic E-state index is 10.9. The van der Waals surface area contributed by atoms with Gasteiger partial charge in [0.15, 0.2) is 5.16 Å². The molecule has 1 atom stereocenters. The number of halogens is 1. The third-order valence-electron chi connectivity index (χ3n) is 3.45. The highest BCUT2D eigenvalue weighted by Crippen LogP contribution is 2.35. The van der Waals surface area contributed by atoms with Crippen molar-refractivity contribution in [3.8, 4) is 0 Å². The van der Waals surface area contributed by atoms with Crippen molar-refractivity contribution in [2.75, 3.05) is 17.3 Å². The quantitative estimate of drug-likeness (QED) is 0.803. The van der Waals surface area contributed by atoms with Gasteiger partial charge in [0, 0.05) is 16.3 Å². The van der Waals surface area contributed by atoms with Gasteiger partial charge in [-0.25, -0.2) is 4.98 Å². The summed E-state index contributed by atoms with van der Waals surface area (Å²) in [4.78, 5) is 15.5. The van der Waals surface area contributed by atoms with Crippen LogP contribution in [0.1, 0.15) is 18.9 Å². The third kappa shape index (κ3) is 3.40. The fourth-order valence-corrected chi connectivity index (χ4v) is 4.83. The molecule has 7 heteroatoms. The van der Waals surface area contributed by atoms with E-state index in [1.54, 1.807) is 0 Å². The lowest BCUT2D eigenvalue weighted by Crippen LogP contribution is -2.17. The number of fused-ring (bicyclic) bond motifs is 1. The number of aliphatic carboxylic acids is 1. The number of rotatable bonds is 4. The van der Waals surface area contributed by atoms with Gasteiger partial charge in [0.05, 0.1) is 16.8 Å². The van der Waals surface area contributed by atoms with Gasteiger partial charge in [-0.1, -0.05) is 27.7 Å². The zero-order valence-corrected chi connectivity index (χ0v) is 14.5. The molecule has 1 aliphatic rings. The van der Waals surface area contributed by atoms with Crippen LogP contribution in [0.5, 0.6) is 0 Å². The Morgan fingerprint density at radius 2 is 2.43 bits per heavy atom. The number of imidazole rings is 1. The molecule has 3 rings (SSSR count). The number of carboxylic acids is 1. The SMILES string of the molecule is O=C(O)CSc1nc2cc(Br)ccc2n1C1CCCSC1. The van der Waals surface area contributed by atoms with Crippen LogP contribution < -0.4 is 0 Å². The fourth-order valence-electron chi connectivity index (χ4n) is 2.56. The number of carboxylic acid groups (broad SMARTS) is 1. The zero-order chi connectivity index (χ0) is 14.8. The van der Waals surface area contributed by atoms with Gasteiger partial charge >= 0.3 is 5.97 Å². The second kappa shape index (κ2) is 6.62. The summed E-state index contributed by atoms with van der Waals surface area (Å²) in [7, 11) is 0. The molecule has 2 heterocycles. The van der Waals surface area contributed by atoms with Crippen molar-refractivity contribution in [3.63, 3.8) is 0 Å². The van der Waals surface area contributed by atoms with Crippen molar-refractivity contribution in [1.82, 2.24) is 9.55 Å². The first-order valence-electron chi connectivity index (χ1n) is 6.75. The molecule has 1 fully saturated rings. The largest absolute Gasteiger partial charge is 0.481 e. The molecule has 0 radical (unpaired) electrons. The smallest absolute Gasteiger partial charge is 0.313 e. The van der Waals surface area contributed by atoms with Crippen LogP contribution in [0.15, 0.2) is 27.8 Å². The molecular weight excluding hydrogens is 372 g/mol. The van der Waals surface area contributed by atoms with Crippen molar-refractivity contribution in [1.29, 1.82) is 0 Å². The Morgan fingerprint density at radius 3 is 3.14 bits per heavy atom. The van der Waals surface area contributed by atoms with Gasteiger partial charge < -0.3 is 9.67 Å². The molecule has 0 aliphatic carbocycles. The van der Waals surface area contributed by atoms with Crippen molar-refractivity contribution >= 4 is 56.5 Å². The Morgan fingerprint density at radius 1 is 1.57 bits per heavy atom. The molecule has 0 amide bonds. The number of nitrogens with zero attached hydrogens (tertiary/aromatic N) is 2. The summed E-state index contributed by atoms with van der Waals surface area (Å²) in [6.07, 6.45) is 2.34. The predicted octanol–water partition coefficient (Wildman–Crippen LogP) is 4.04. The second-order valence-corrected chi connectivity index (χ2v) is 7.96. The highest BCUT2D eigenvalue weighted by molar-refractivity contribution is 9.10. The Bertz CT molecular complexity index is 668. The van der Waals surface area contributed by atoms with E-state index in [9.17, 15) is 4.79 Å². The van der Waals surface area contributed by atoms with Gasteiger partial charge in [-0.3, -0.25) is 4.79 Å². The summed E-state index contributed by atoms with van der Waals surface area (Å²) < 4.78 is 3.23. The van der Waals surface area contributed by atoms with Crippen molar-refractivity contribution < 1.29 is 9.90 Å². The molecule has 0 bridgehead atoms. The van der Waals surface area contributed by atoms with E-state index >= 15 is 0 Å². The normalized spacial score (nSPS) is 19.0. The van der Waals surface area contributed by atoms with E-state index in [0.717, 1.165) is 32.8 Å². The number of hydrogen-bond acceptors (Lipinski definition) is 4. The van der Waals surface area contributed by atoms with E-state index in [0.29, 0.717) is 6.04 Å².